The number of rotatable bonds is 3. The first-order valence-electron chi connectivity index (χ1n) is 8.09. The molecule has 1 atom stereocenters. The molecule has 1 aromatic heterocycles. The SMILES string of the molecule is CCO[C@H]1CSC2(C1)CN(C(=O)c1cnc3ccccc3c1)C2. The van der Waals surface area contributed by atoms with E-state index in [0.29, 0.717) is 11.7 Å². The van der Waals surface area contributed by atoms with E-state index in [-0.39, 0.29) is 10.7 Å². The second-order valence-electron chi connectivity index (χ2n) is 6.35. The van der Waals surface area contributed by atoms with Gasteiger partial charge in [-0.15, -0.1) is 11.8 Å². The number of para-hydroxylation sites is 1. The fourth-order valence-corrected chi connectivity index (χ4v) is 5.08. The van der Waals surface area contributed by atoms with Crippen LogP contribution in [0.5, 0.6) is 0 Å². The van der Waals surface area contributed by atoms with Gasteiger partial charge < -0.3 is 9.64 Å². The van der Waals surface area contributed by atoms with E-state index >= 15 is 0 Å². The largest absolute Gasteiger partial charge is 0.378 e. The Labute approximate surface area is 140 Å². The van der Waals surface area contributed by atoms with Crippen LogP contribution in [0.15, 0.2) is 36.5 Å². The average Bonchev–Trinajstić information content (AvgIpc) is 2.97. The molecule has 0 unspecified atom stereocenters. The van der Waals surface area contributed by atoms with Gasteiger partial charge in [0, 0.05) is 37.0 Å². The summed E-state index contributed by atoms with van der Waals surface area (Å²) in [7, 11) is 0. The summed E-state index contributed by atoms with van der Waals surface area (Å²) in [6.07, 6.45) is 3.11. The first-order valence-corrected chi connectivity index (χ1v) is 9.07. The monoisotopic (exact) mass is 328 g/mol. The van der Waals surface area contributed by atoms with Crippen molar-refractivity contribution >= 4 is 28.6 Å². The molecule has 2 aromatic rings. The zero-order valence-corrected chi connectivity index (χ0v) is 14.0. The predicted molar refractivity (Wildman–Crippen MR) is 92.9 cm³/mol. The molecule has 4 rings (SSSR count). The molecule has 23 heavy (non-hydrogen) atoms. The molecule has 1 amide bonds. The highest BCUT2D eigenvalue weighted by Crippen LogP contribution is 2.46. The molecular weight excluding hydrogens is 308 g/mol. The lowest BCUT2D eigenvalue weighted by Crippen LogP contribution is -2.60. The minimum Gasteiger partial charge on any atom is -0.378 e. The number of hydrogen-bond acceptors (Lipinski definition) is 4. The maximum atomic E-state index is 12.7. The van der Waals surface area contributed by atoms with Gasteiger partial charge in [0.2, 0.25) is 0 Å². The molecular formula is C18H20N2O2S. The molecule has 1 spiro atoms. The zero-order valence-electron chi connectivity index (χ0n) is 13.2. The van der Waals surface area contributed by atoms with Crippen molar-refractivity contribution in [1.29, 1.82) is 0 Å². The molecule has 0 bridgehead atoms. The molecule has 3 heterocycles. The molecule has 2 saturated heterocycles. The number of amides is 1. The van der Waals surface area contributed by atoms with Gasteiger partial charge in [-0.25, -0.2) is 0 Å². The van der Waals surface area contributed by atoms with Crippen molar-refractivity contribution in [3.05, 3.63) is 42.1 Å². The number of hydrogen-bond donors (Lipinski definition) is 0. The quantitative estimate of drug-likeness (QED) is 0.869. The predicted octanol–water partition coefficient (Wildman–Crippen LogP) is 2.97. The Bertz CT molecular complexity index is 743. The average molecular weight is 328 g/mol. The third kappa shape index (κ3) is 2.72. The molecule has 2 fully saturated rings. The summed E-state index contributed by atoms with van der Waals surface area (Å²) in [4.78, 5) is 19.0. The first-order chi connectivity index (χ1) is 11.2. The Hall–Kier alpha value is -1.59. The van der Waals surface area contributed by atoms with Crippen LogP contribution in [0, 0.1) is 0 Å². The van der Waals surface area contributed by atoms with Crippen LogP contribution in [-0.2, 0) is 4.74 Å². The molecule has 2 aliphatic heterocycles. The van der Waals surface area contributed by atoms with Crippen molar-refractivity contribution in [3.63, 3.8) is 0 Å². The highest BCUT2D eigenvalue weighted by Gasteiger charge is 2.50. The maximum absolute atomic E-state index is 12.7. The number of pyridine rings is 1. The van der Waals surface area contributed by atoms with Crippen molar-refractivity contribution in [1.82, 2.24) is 9.88 Å². The van der Waals surface area contributed by atoms with Gasteiger partial charge in [-0.05, 0) is 25.5 Å². The van der Waals surface area contributed by atoms with Crippen LogP contribution in [0.25, 0.3) is 10.9 Å². The summed E-state index contributed by atoms with van der Waals surface area (Å²) in [5, 5.41) is 1.01. The van der Waals surface area contributed by atoms with Crippen LogP contribution in [0.2, 0.25) is 0 Å². The second-order valence-corrected chi connectivity index (χ2v) is 7.84. The summed E-state index contributed by atoms with van der Waals surface area (Å²) in [5.74, 6) is 1.14. The molecule has 1 aromatic carbocycles. The zero-order chi connectivity index (χ0) is 15.9. The molecule has 0 aliphatic carbocycles. The van der Waals surface area contributed by atoms with E-state index in [4.69, 9.17) is 4.74 Å². The lowest BCUT2D eigenvalue weighted by Gasteiger charge is -2.47. The van der Waals surface area contributed by atoms with Crippen molar-refractivity contribution in [2.75, 3.05) is 25.4 Å². The van der Waals surface area contributed by atoms with E-state index in [1.165, 1.54) is 0 Å². The lowest BCUT2D eigenvalue weighted by molar-refractivity contribution is 0.0359. The van der Waals surface area contributed by atoms with E-state index in [1.54, 1.807) is 6.20 Å². The molecule has 5 heteroatoms. The van der Waals surface area contributed by atoms with Crippen molar-refractivity contribution in [2.45, 2.75) is 24.2 Å². The Morgan fingerprint density at radius 3 is 3.09 bits per heavy atom. The smallest absolute Gasteiger partial charge is 0.255 e. The molecule has 0 saturated carbocycles. The molecule has 120 valence electrons. The highest BCUT2D eigenvalue weighted by molar-refractivity contribution is 8.01. The van der Waals surface area contributed by atoms with E-state index in [2.05, 4.69) is 4.98 Å². The second kappa shape index (κ2) is 5.80. The van der Waals surface area contributed by atoms with E-state index < -0.39 is 0 Å². The summed E-state index contributed by atoms with van der Waals surface area (Å²) in [6.45, 7) is 4.46. The number of carbonyl (C=O) groups excluding carboxylic acids is 1. The standard InChI is InChI=1S/C18H20N2O2S/c1-2-22-15-8-18(23-10-15)11-20(12-18)17(21)14-7-13-5-3-4-6-16(13)19-9-14/h3-7,9,15H,2,8,10-12H2,1H3/t15-/m1/s1. The van der Waals surface area contributed by atoms with Crippen molar-refractivity contribution in [2.24, 2.45) is 0 Å². The number of benzene rings is 1. The van der Waals surface area contributed by atoms with Gasteiger partial charge in [-0.1, -0.05) is 18.2 Å². The fraction of sp³-hybridized carbons (Fsp3) is 0.444. The van der Waals surface area contributed by atoms with Crippen LogP contribution >= 0.6 is 11.8 Å². The number of likely N-dealkylation sites (tertiary alicyclic amines) is 1. The highest BCUT2D eigenvalue weighted by atomic mass is 32.2. The fourth-order valence-electron chi connectivity index (χ4n) is 3.53. The Balaban J connectivity index is 1.44. The molecule has 0 N–H and O–H groups in total. The number of ether oxygens (including phenoxy) is 1. The van der Waals surface area contributed by atoms with Crippen LogP contribution in [-0.4, -0.2) is 52.1 Å². The minimum atomic E-state index is 0.0920. The third-order valence-electron chi connectivity index (χ3n) is 4.66. The van der Waals surface area contributed by atoms with Crippen molar-refractivity contribution < 1.29 is 9.53 Å². The molecule has 0 radical (unpaired) electrons. The topological polar surface area (TPSA) is 42.4 Å². The Morgan fingerprint density at radius 1 is 1.43 bits per heavy atom. The molecule has 2 aliphatic rings. The van der Waals surface area contributed by atoms with Gasteiger partial charge in [-0.2, -0.15) is 0 Å². The number of thioether (sulfide) groups is 1. The first kappa shape index (κ1) is 15.0. The lowest BCUT2D eigenvalue weighted by atomic mass is 9.92. The van der Waals surface area contributed by atoms with Crippen LogP contribution in [0.1, 0.15) is 23.7 Å². The van der Waals surface area contributed by atoms with Gasteiger partial charge in [0.15, 0.2) is 0 Å². The summed E-state index contributed by atoms with van der Waals surface area (Å²) in [6, 6.07) is 9.84. The number of fused-ring (bicyclic) bond motifs is 1. The third-order valence-corrected chi connectivity index (χ3v) is 6.24. The maximum Gasteiger partial charge on any atom is 0.255 e. The summed E-state index contributed by atoms with van der Waals surface area (Å²) < 4.78 is 5.95. The normalized spacial score (nSPS) is 22.5. The summed E-state index contributed by atoms with van der Waals surface area (Å²) in [5.41, 5.74) is 1.61. The number of carbonyl (C=O) groups is 1. The summed E-state index contributed by atoms with van der Waals surface area (Å²) >= 11 is 1.96. The Morgan fingerprint density at radius 2 is 2.26 bits per heavy atom. The van der Waals surface area contributed by atoms with E-state index in [9.17, 15) is 4.79 Å². The van der Waals surface area contributed by atoms with Crippen LogP contribution < -0.4 is 0 Å². The van der Waals surface area contributed by atoms with E-state index in [1.807, 2.05) is 53.9 Å². The van der Waals surface area contributed by atoms with Crippen LogP contribution in [0.4, 0.5) is 0 Å². The van der Waals surface area contributed by atoms with E-state index in [0.717, 1.165) is 42.8 Å². The van der Waals surface area contributed by atoms with Gasteiger partial charge in [0.25, 0.3) is 5.91 Å². The van der Waals surface area contributed by atoms with Gasteiger partial charge in [0.05, 0.1) is 21.9 Å². The molecule has 4 nitrogen and oxygen atoms in total. The minimum absolute atomic E-state index is 0.0920. The Kier molecular flexibility index (Phi) is 3.77. The number of nitrogens with zero attached hydrogens (tertiary/aromatic N) is 2. The van der Waals surface area contributed by atoms with Crippen molar-refractivity contribution in [3.8, 4) is 0 Å². The van der Waals surface area contributed by atoms with Gasteiger partial charge in [-0.3, -0.25) is 9.78 Å². The van der Waals surface area contributed by atoms with Crippen LogP contribution in [0.3, 0.4) is 0 Å². The van der Waals surface area contributed by atoms with Gasteiger partial charge >= 0.3 is 0 Å². The number of aromatic nitrogens is 1. The van der Waals surface area contributed by atoms with Gasteiger partial charge in [0.1, 0.15) is 0 Å².